The molecular weight excluding hydrogens is 163 g/mol. The summed E-state index contributed by atoms with van der Waals surface area (Å²) in [5.41, 5.74) is 1.21. The fourth-order valence-corrected chi connectivity index (χ4v) is 1.64. The van der Waals surface area contributed by atoms with E-state index in [1.807, 2.05) is 0 Å². The highest BCUT2D eigenvalue weighted by atomic mass is 27.0. The van der Waals surface area contributed by atoms with Crippen LogP contribution in [0.1, 0.15) is 5.56 Å². The van der Waals surface area contributed by atoms with Crippen LogP contribution in [0.25, 0.3) is 0 Å². The molecule has 0 saturated heterocycles. The van der Waals surface area contributed by atoms with Crippen LogP contribution in [0.4, 0.5) is 0 Å². The fourth-order valence-electron chi connectivity index (χ4n) is 1.30. The van der Waals surface area contributed by atoms with Gasteiger partial charge in [-0.1, -0.05) is 24.3 Å². The molecule has 0 spiro atoms. The van der Waals surface area contributed by atoms with Crippen LogP contribution in [0, 0.1) is 0 Å². The first-order valence-electron chi connectivity index (χ1n) is 4.21. The molecule has 1 aromatic carbocycles. The van der Waals surface area contributed by atoms with E-state index in [1.165, 1.54) is 9.99 Å². The normalized spacial score (nSPS) is 15.5. The van der Waals surface area contributed by atoms with Gasteiger partial charge in [-0.3, -0.25) is 4.99 Å². The zero-order valence-electron chi connectivity index (χ0n) is 7.17. The van der Waals surface area contributed by atoms with E-state index in [0.717, 1.165) is 35.2 Å². The summed E-state index contributed by atoms with van der Waals surface area (Å²) in [4.78, 5) is 4.35. The Hall–Kier alpha value is -0.778. The molecule has 0 amide bonds. The van der Waals surface area contributed by atoms with Crippen LogP contribution in [-0.4, -0.2) is 35.2 Å². The van der Waals surface area contributed by atoms with Gasteiger partial charge >= 0.3 is 0 Å². The molecule has 2 rings (SSSR count). The Morgan fingerprint density at radius 3 is 2.58 bits per heavy atom. The van der Waals surface area contributed by atoms with Crippen molar-refractivity contribution in [2.24, 2.45) is 4.99 Å². The second-order valence-corrected chi connectivity index (χ2v) is 4.18. The van der Waals surface area contributed by atoms with E-state index in [9.17, 15) is 0 Å². The summed E-state index contributed by atoms with van der Waals surface area (Å²) in [5, 5.41) is 3.25. The van der Waals surface area contributed by atoms with Gasteiger partial charge in [-0.2, -0.15) is 0 Å². The molecule has 12 heavy (non-hydrogen) atoms. The van der Waals surface area contributed by atoms with Crippen LogP contribution in [0.3, 0.4) is 0 Å². The highest BCUT2D eigenvalue weighted by molar-refractivity contribution is 6.32. The van der Waals surface area contributed by atoms with Crippen molar-refractivity contribution >= 4 is 26.6 Å². The number of aliphatic imine (C=N–C) groups is 1. The predicted octanol–water partition coefficient (Wildman–Crippen LogP) is -0.705. The van der Waals surface area contributed by atoms with Crippen LogP contribution in [0.2, 0.25) is 0 Å². The third-order valence-electron chi connectivity index (χ3n) is 2.00. The number of nitrogens with one attached hydrogen (secondary N) is 1. The minimum Gasteiger partial charge on any atom is -0.368 e. The smallest absolute Gasteiger partial charge is 0.258 e. The molecule has 0 fully saturated rings. The maximum atomic E-state index is 4.35. The molecule has 60 valence electrons. The molecule has 1 N–H and O–H groups in total. The van der Waals surface area contributed by atoms with Crippen LogP contribution in [-0.2, 0) is 0 Å². The molecule has 0 bridgehead atoms. The van der Waals surface area contributed by atoms with E-state index in [2.05, 4.69) is 34.6 Å². The van der Waals surface area contributed by atoms with E-state index >= 15 is 0 Å². The summed E-state index contributed by atoms with van der Waals surface area (Å²) in [6.07, 6.45) is 0. The fraction of sp³-hybridized carbons (Fsp3) is 0.222. The Labute approximate surface area is 80.1 Å². The second-order valence-electron chi connectivity index (χ2n) is 3.02. The largest absolute Gasteiger partial charge is 0.368 e. The monoisotopic (exact) mass is 174 g/mol. The van der Waals surface area contributed by atoms with Crippen LogP contribution < -0.4 is 9.74 Å². The Morgan fingerprint density at radius 1 is 1.25 bits per heavy atom. The predicted molar refractivity (Wildman–Crippen MR) is 54.0 cm³/mol. The first-order valence-corrected chi connectivity index (χ1v) is 5.21. The van der Waals surface area contributed by atoms with Crippen molar-refractivity contribution < 1.29 is 0 Å². The Balaban J connectivity index is 2.28. The van der Waals surface area contributed by atoms with Crippen molar-refractivity contribution in [1.82, 2.24) is 5.32 Å². The molecule has 0 radical (unpaired) electrons. The van der Waals surface area contributed by atoms with Crippen molar-refractivity contribution in [2.75, 3.05) is 13.1 Å². The maximum Gasteiger partial charge on any atom is 0.258 e. The number of rotatable bonds is 1. The van der Waals surface area contributed by atoms with Gasteiger partial charge in [0, 0.05) is 12.1 Å². The van der Waals surface area contributed by atoms with E-state index < -0.39 is 0 Å². The minimum absolute atomic E-state index is 0.915. The van der Waals surface area contributed by atoms with E-state index in [1.54, 1.807) is 0 Å². The van der Waals surface area contributed by atoms with Crippen molar-refractivity contribution in [2.45, 2.75) is 0 Å². The zero-order chi connectivity index (χ0) is 8.39. The molecule has 3 heteroatoms. The molecule has 0 aromatic heterocycles. The third-order valence-corrected chi connectivity index (χ3v) is 2.67. The van der Waals surface area contributed by atoms with Gasteiger partial charge in [-0.25, -0.2) is 0 Å². The van der Waals surface area contributed by atoms with Crippen LogP contribution in [0.5, 0.6) is 0 Å². The summed E-state index contributed by atoms with van der Waals surface area (Å²) in [5.74, 6) is 1.05. The molecule has 0 atom stereocenters. The SMILES string of the molecule is [AlH2][c]1ccc(C2=NCCN2)cc1. The Bertz CT molecular complexity index is 303. The minimum atomic E-state index is 0.915. The van der Waals surface area contributed by atoms with Gasteiger partial charge in [0.15, 0.2) is 0 Å². The summed E-state index contributed by atoms with van der Waals surface area (Å²) < 4.78 is 1.43. The Kier molecular flexibility index (Phi) is 2.16. The van der Waals surface area contributed by atoms with Gasteiger partial charge in [0.05, 0.1) is 6.54 Å². The van der Waals surface area contributed by atoms with Gasteiger partial charge in [0.25, 0.3) is 16.3 Å². The first-order chi connectivity index (χ1) is 5.86. The molecule has 1 aromatic rings. The lowest BCUT2D eigenvalue weighted by molar-refractivity contribution is 0.960. The molecule has 0 saturated carbocycles. The molecule has 2 nitrogen and oxygen atoms in total. The van der Waals surface area contributed by atoms with Crippen LogP contribution >= 0.6 is 0 Å². The average molecular weight is 174 g/mol. The number of amidine groups is 1. The zero-order valence-corrected chi connectivity index (χ0v) is 9.17. The van der Waals surface area contributed by atoms with Crippen molar-refractivity contribution in [3.05, 3.63) is 29.8 Å². The molecule has 1 heterocycles. The van der Waals surface area contributed by atoms with Gasteiger partial charge in [-0.05, 0) is 0 Å². The average Bonchev–Trinajstić information content (AvgIpc) is 2.58. The quantitative estimate of drug-likeness (QED) is 0.559. The van der Waals surface area contributed by atoms with E-state index in [4.69, 9.17) is 0 Å². The first kappa shape index (κ1) is 7.85. The lowest BCUT2D eigenvalue weighted by atomic mass is 10.2. The summed E-state index contributed by atoms with van der Waals surface area (Å²) in [6.45, 7) is 1.90. The number of hydrogen-bond donors (Lipinski definition) is 1. The van der Waals surface area contributed by atoms with Gasteiger partial charge in [0.2, 0.25) is 0 Å². The van der Waals surface area contributed by atoms with Crippen molar-refractivity contribution in [1.29, 1.82) is 0 Å². The summed E-state index contributed by atoms with van der Waals surface area (Å²) >= 11 is 1.13. The van der Waals surface area contributed by atoms with Gasteiger partial charge < -0.3 is 5.32 Å². The summed E-state index contributed by atoms with van der Waals surface area (Å²) in [7, 11) is 0. The molecule has 1 aliphatic heterocycles. The third kappa shape index (κ3) is 1.52. The molecule has 1 aliphatic rings. The highest BCUT2D eigenvalue weighted by Crippen LogP contribution is 2.00. The standard InChI is InChI=1S/C9H9N2.Al.2H/c1-2-4-8(5-3-1)9-10-6-7-11-9;;;/h2-5H,6-7H2,(H,10,11);;;. The molecular formula is C9H11AlN2. The maximum absolute atomic E-state index is 4.35. The lowest BCUT2D eigenvalue weighted by Gasteiger charge is -2.01. The Morgan fingerprint density at radius 2 is 2.00 bits per heavy atom. The van der Waals surface area contributed by atoms with Gasteiger partial charge in [-0.15, -0.1) is 4.43 Å². The molecule has 0 unspecified atom stereocenters. The van der Waals surface area contributed by atoms with Gasteiger partial charge in [0.1, 0.15) is 5.84 Å². The van der Waals surface area contributed by atoms with Crippen molar-refractivity contribution in [3.8, 4) is 0 Å². The number of nitrogens with zero attached hydrogens (tertiary/aromatic N) is 1. The van der Waals surface area contributed by atoms with Crippen molar-refractivity contribution in [3.63, 3.8) is 0 Å². The number of hydrogen-bond acceptors (Lipinski definition) is 2. The highest BCUT2D eigenvalue weighted by Gasteiger charge is 2.05. The van der Waals surface area contributed by atoms with E-state index in [-0.39, 0.29) is 0 Å². The summed E-state index contributed by atoms with van der Waals surface area (Å²) in [6, 6.07) is 8.62. The van der Waals surface area contributed by atoms with Crippen LogP contribution in [0.15, 0.2) is 29.3 Å². The molecule has 0 aliphatic carbocycles. The lowest BCUT2D eigenvalue weighted by Crippen LogP contribution is -2.19. The van der Waals surface area contributed by atoms with E-state index in [0.29, 0.717) is 0 Å². The second kappa shape index (κ2) is 3.30. The topological polar surface area (TPSA) is 24.4 Å². The number of benzene rings is 1.